The SMILES string of the molecule is COc1cc2c(c(OC)c1OC)-c1ccc(OC)c(=O)cc1[C@@H](NC(=O)CCCCCNc1ccc(N=[N+]=[N-])cc1[N+](=O)[O-])CC2. The van der Waals surface area contributed by atoms with Crippen LogP contribution < -0.4 is 35.0 Å². The summed E-state index contributed by atoms with van der Waals surface area (Å²) in [5.41, 5.74) is 11.6. The van der Waals surface area contributed by atoms with Crippen LogP contribution in [0.1, 0.15) is 49.3 Å². The van der Waals surface area contributed by atoms with Crippen molar-refractivity contribution in [2.75, 3.05) is 40.3 Å². The molecule has 0 saturated carbocycles. The van der Waals surface area contributed by atoms with Gasteiger partial charge in [-0.1, -0.05) is 23.7 Å². The largest absolute Gasteiger partial charge is 0.493 e. The molecule has 242 valence electrons. The molecule has 1 aliphatic carbocycles. The summed E-state index contributed by atoms with van der Waals surface area (Å²) in [7, 11) is 6.06. The maximum Gasteiger partial charge on any atom is 0.292 e. The summed E-state index contributed by atoms with van der Waals surface area (Å²) in [6.45, 7) is 0.455. The summed E-state index contributed by atoms with van der Waals surface area (Å²) < 4.78 is 22.3. The number of carbonyl (C=O) groups is 1. The van der Waals surface area contributed by atoms with Crippen molar-refractivity contribution in [3.63, 3.8) is 0 Å². The van der Waals surface area contributed by atoms with Crippen LogP contribution in [0.25, 0.3) is 21.6 Å². The van der Waals surface area contributed by atoms with Gasteiger partial charge in [0.2, 0.25) is 17.1 Å². The Hall–Kier alpha value is -5.49. The van der Waals surface area contributed by atoms with E-state index in [1.165, 1.54) is 38.5 Å². The highest BCUT2D eigenvalue weighted by Gasteiger charge is 2.30. The number of fused-ring (bicyclic) bond motifs is 3. The lowest BCUT2D eigenvalue weighted by Crippen LogP contribution is -2.29. The van der Waals surface area contributed by atoms with Crippen LogP contribution >= 0.6 is 0 Å². The first-order valence-electron chi connectivity index (χ1n) is 14.7. The van der Waals surface area contributed by atoms with Crippen molar-refractivity contribution >= 4 is 23.0 Å². The van der Waals surface area contributed by atoms with Gasteiger partial charge in [-0.2, -0.15) is 0 Å². The zero-order valence-electron chi connectivity index (χ0n) is 26.1. The second-order valence-electron chi connectivity index (χ2n) is 10.5. The highest BCUT2D eigenvalue weighted by molar-refractivity contribution is 5.84. The number of rotatable bonds is 14. The number of hydrogen-bond acceptors (Lipinski definition) is 10. The Labute approximate surface area is 265 Å². The number of aryl methyl sites for hydroxylation is 1. The van der Waals surface area contributed by atoms with Gasteiger partial charge in [-0.3, -0.25) is 19.7 Å². The van der Waals surface area contributed by atoms with Crippen molar-refractivity contribution in [1.29, 1.82) is 0 Å². The number of nitrogens with one attached hydrogen (secondary N) is 2. The van der Waals surface area contributed by atoms with Gasteiger partial charge in [0, 0.05) is 35.2 Å². The van der Waals surface area contributed by atoms with Gasteiger partial charge in [0.1, 0.15) is 5.69 Å². The van der Waals surface area contributed by atoms with Crippen LogP contribution in [0.5, 0.6) is 23.0 Å². The molecule has 1 atom stereocenters. The topological polar surface area (TPSA) is 187 Å². The predicted molar refractivity (Wildman–Crippen MR) is 172 cm³/mol. The number of nitro groups is 1. The summed E-state index contributed by atoms with van der Waals surface area (Å²) in [6, 6.07) is 10.6. The highest BCUT2D eigenvalue weighted by Crippen LogP contribution is 2.50. The molecule has 46 heavy (non-hydrogen) atoms. The quantitative estimate of drug-likeness (QED) is 0.0508. The average molecular weight is 633 g/mol. The third-order valence-electron chi connectivity index (χ3n) is 7.79. The number of azide groups is 1. The van der Waals surface area contributed by atoms with Gasteiger partial charge in [-0.05, 0) is 72.2 Å². The van der Waals surface area contributed by atoms with Gasteiger partial charge in [-0.25, -0.2) is 0 Å². The third-order valence-corrected chi connectivity index (χ3v) is 7.79. The van der Waals surface area contributed by atoms with Crippen LogP contribution in [0.3, 0.4) is 0 Å². The van der Waals surface area contributed by atoms with Crippen molar-refractivity contribution in [3.8, 4) is 34.1 Å². The highest BCUT2D eigenvalue weighted by atomic mass is 16.6. The summed E-state index contributed by atoms with van der Waals surface area (Å²) >= 11 is 0. The van der Waals surface area contributed by atoms with E-state index >= 15 is 0 Å². The van der Waals surface area contributed by atoms with E-state index < -0.39 is 11.0 Å². The Morgan fingerprint density at radius 3 is 2.43 bits per heavy atom. The first kappa shape index (κ1) is 33.4. The van der Waals surface area contributed by atoms with Crippen molar-refractivity contribution in [3.05, 3.63) is 84.4 Å². The molecule has 0 aromatic heterocycles. The molecule has 0 bridgehead atoms. The fourth-order valence-corrected chi connectivity index (χ4v) is 5.63. The first-order valence-corrected chi connectivity index (χ1v) is 14.7. The van der Waals surface area contributed by atoms with E-state index in [0.29, 0.717) is 72.7 Å². The minimum absolute atomic E-state index is 0.156. The zero-order valence-corrected chi connectivity index (χ0v) is 26.1. The Morgan fingerprint density at radius 1 is 1.00 bits per heavy atom. The van der Waals surface area contributed by atoms with Crippen LogP contribution in [-0.4, -0.2) is 45.8 Å². The number of carbonyl (C=O) groups excluding carboxylic acids is 1. The van der Waals surface area contributed by atoms with Crippen LogP contribution in [0.15, 0.2) is 52.4 Å². The number of hydrogen-bond donors (Lipinski definition) is 2. The molecule has 2 N–H and O–H groups in total. The standard InChI is InChI=1S/C32H36N6O8/c1-43-27-14-11-21-22(18-26(27)39)23(12-9-19-16-28(44-2)31(45-3)32(46-4)30(19)21)35-29(40)8-6-5-7-15-34-24-13-10-20(36-37-33)17-25(24)38(41)42/h10-11,13-14,16-18,23,34H,5-9,12,15H2,1-4H3,(H,35,40)/t23-/m0/s1. The van der Waals surface area contributed by atoms with E-state index in [0.717, 1.165) is 11.1 Å². The second-order valence-corrected chi connectivity index (χ2v) is 10.5. The second kappa shape index (κ2) is 15.5. The maximum atomic E-state index is 13.2. The molecule has 1 aliphatic rings. The van der Waals surface area contributed by atoms with Crippen LogP contribution in [0, 0.1) is 10.1 Å². The Balaban J connectivity index is 1.47. The van der Waals surface area contributed by atoms with Gasteiger partial charge < -0.3 is 29.6 Å². The molecule has 14 nitrogen and oxygen atoms in total. The van der Waals surface area contributed by atoms with Crippen LogP contribution in [0.2, 0.25) is 0 Å². The molecule has 3 aromatic carbocycles. The predicted octanol–water partition coefficient (Wildman–Crippen LogP) is 6.37. The van der Waals surface area contributed by atoms with Crippen LogP contribution in [0.4, 0.5) is 17.1 Å². The number of nitrogens with zero attached hydrogens (tertiary/aromatic N) is 4. The smallest absolute Gasteiger partial charge is 0.292 e. The molecular weight excluding hydrogens is 596 g/mol. The summed E-state index contributed by atoms with van der Waals surface area (Å²) in [4.78, 5) is 39.8. The van der Waals surface area contributed by atoms with Crippen molar-refractivity contribution in [1.82, 2.24) is 5.32 Å². The van der Waals surface area contributed by atoms with Crippen molar-refractivity contribution in [2.24, 2.45) is 5.11 Å². The average Bonchev–Trinajstić information content (AvgIpc) is 3.30. The van der Waals surface area contributed by atoms with Crippen molar-refractivity contribution in [2.45, 2.75) is 44.6 Å². The van der Waals surface area contributed by atoms with Crippen LogP contribution in [-0.2, 0) is 11.2 Å². The monoisotopic (exact) mass is 632 g/mol. The lowest BCUT2D eigenvalue weighted by Gasteiger charge is -2.20. The lowest BCUT2D eigenvalue weighted by atomic mass is 9.95. The Bertz CT molecular complexity index is 1720. The van der Waals surface area contributed by atoms with E-state index in [2.05, 4.69) is 20.7 Å². The van der Waals surface area contributed by atoms with Gasteiger partial charge in [0.25, 0.3) is 5.69 Å². The molecule has 0 radical (unpaired) electrons. The van der Waals surface area contributed by atoms with Gasteiger partial charge >= 0.3 is 0 Å². The zero-order chi connectivity index (χ0) is 33.2. The molecule has 0 spiro atoms. The molecule has 14 heteroatoms. The van der Waals surface area contributed by atoms with E-state index in [-0.39, 0.29) is 34.9 Å². The lowest BCUT2D eigenvalue weighted by molar-refractivity contribution is -0.383. The van der Waals surface area contributed by atoms with E-state index in [9.17, 15) is 19.7 Å². The molecule has 0 unspecified atom stereocenters. The molecule has 0 fully saturated rings. The Morgan fingerprint density at radius 2 is 1.76 bits per heavy atom. The summed E-state index contributed by atoms with van der Waals surface area (Å²) in [5.74, 6) is 1.41. The number of unbranched alkanes of at least 4 members (excludes halogenated alkanes) is 2. The molecule has 3 aromatic rings. The molecule has 0 aliphatic heterocycles. The third kappa shape index (κ3) is 7.41. The number of methoxy groups -OCH3 is 4. The van der Waals surface area contributed by atoms with E-state index in [1.54, 1.807) is 26.4 Å². The molecule has 0 heterocycles. The summed E-state index contributed by atoms with van der Waals surface area (Å²) in [6.07, 6.45) is 3.32. The number of benzene rings is 2. The van der Waals surface area contributed by atoms with Gasteiger partial charge in [0.05, 0.1) is 39.4 Å². The number of amides is 1. The summed E-state index contributed by atoms with van der Waals surface area (Å²) in [5, 5.41) is 21.0. The first-order chi connectivity index (χ1) is 22.3. The van der Waals surface area contributed by atoms with E-state index in [4.69, 9.17) is 24.5 Å². The molecular formula is C32H36N6O8. The minimum atomic E-state index is -0.540. The van der Waals surface area contributed by atoms with Gasteiger partial charge in [0.15, 0.2) is 17.2 Å². The molecule has 1 amide bonds. The fraction of sp³-hybridized carbons (Fsp3) is 0.375. The number of nitro benzene ring substituents is 1. The molecule has 4 rings (SSSR count). The van der Waals surface area contributed by atoms with Crippen molar-refractivity contribution < 1.29 is 28.7 Å². The normalized spacial score (nSPS) is 13.2. The van der Waals surface area contributed by atoms with Gasteiger partial charge in [-0.15, -0.1) is 0 Å². The number of ether oxygens (including phenoxy) is 4. The Kier molecular flexibility index (Phi) is 11.2. The molecule has 0 saturated heterocycles. The number of anilines is 1. The minimum Gasteiger partial charge on any atom is -0.493 e. The maximum absolute atomic E-state index is 13.2. The van der Waals surface area contributed by atoms with E-state index in [1.807, 2.05) is 6.07 Å². The fourth-order valence-electron chi connectivity index (χ4n) is 5.63.